The number of hydrogen-bond acceptors (Lipinski definition) is 4. The lowest BCUT2D eigenvalue weighted by atomic mass is 9.91. The van der Waals surface area contributed by atoms with E-state index in [9.17, 15) is 14.4 Å². The van der Waals surface area contributed by atoms with Crippen molar-refractivity contribution < 1.29 is 24.2 Å². The van der Waals surface area contributed by atoms with E-state index in [1.807, 2.05) is 24.3 Å². The second kappa shape index (κ2) is 9.57. The number of carboxylic acids is 1. The van der Waals surface area contributed by atoms with E-state index < -0.39 is 23.8 Å². The molecule has 1 aliphatic heterocycles. The molecule has 7 heteroatoms. The average Bonchev–Trinajstić information content (AvgIpc) is 3.01. The lowest BCUT2D eigenvalue weighted by molar-refractivity contribution is -0.142. The summed E-state index contributed by atoms with van der Waals surface area (Å²) in [6, 6.07) is 6.51. The zero-order valence-electron chi connectivity index (χ0n) is 17.0. The Kier molecular flexibility index (Phi) is 7.43. The normalized spacial score (nSPS) is 21.3. The summed E-state index contributed by atoms with van der Waals surface area (Å²) in [7, 11) is 1.59. The fourth-order valence-electron chi connectivity index (χ4n) is 3.50. The van der Waals surface area contributed by atoms with Crippen LogP contribution >= 0.6 is 0 Å². The molecule has 0 bridgehead atoms. The molecule has 1 fully saturated rings. The number of nitrogens with one attached hydrogen (secondary N) is 1. The largest absolute Gasteiger partial charge is 0.497 e. The molecular weight excluding hydrogens is 360 g/mol. The Morgan fingerprint density at radius 1 is 1.29 bits per heavy atom. The van der Waals surface area contributed by atoms with E-state index in [1.165, 1.54) is 0 Å². The first-order chi connectivity index (χ1) is 13.3. The van der Waals surface area contributed by atoms with E-state index in [2.05, 4.69) is 12.2 Å². The number of carboxylic acid groups (broad SMARTS) is 1. The van der Waals surface area contributed by atoms with E-state index in [0.29, 0.717) is 12.3 Å². The van der Waals surface area contributed by atoms with E-state index in [0.717, 1.165) is 18.4 Å². The standard InChI is InChI=1S/C21H30N2O5/c1-5-6-11-23-18(24)12-17(20(25)22-14(3)13(2)21(26)27)19(23)15-7-9-16(28-4)10-8-15/h7-10,13-14,17,19H,5-6,11-12H2,1-4H3,(H,22,25)(H,26,27). The van der Waals surface area contributed by atoms with Crippen LogP contribution in [0.3, 0.4) is 0 Å². The summed E-state index contributed by atoms with van der Waals surface area (Å²) < 4.78 is 5.20. The van der Waals surface area contributed by atoms with Crippen molar-refractivity contribution in [2.45, 2.75) is 52.1 Å². The lowest BCUT2D eigenvalue weighted by Crippen LogP contribution is -2.44. The van der Waals surface area contributed by atoms with Crippen molar-refractivity contribution in [3.05, 3.63) is 29.8 Å². The van der Waals surface area contributed by atoms with Crippen molar-refractivity contribution >= 4 is 17.8 Å². The Balaban J connectivity index is 2.27. The fraction of sp³-hybridized carbons (Fsp3) is 0.571. The van der Waals surface area contributed by atoms with Crippen molar-refractivity contribution in [2.24, 2.45) is 11.8 Å². The number of ether oxygens (including phenoxy) is 1. The highest BCUT2D eigenvalue weighted by Gasteiger charge is 2.44. The van der Waals surface area contributed by atoms with Gasteiger partial charge in [0.25, 0.3) is 0 Å². The van der Waals surface area contributed by atoms with Crippen molar-refractivity contribution in [1.82, 2.24) is 10.2 Å². The predicted octanol–water partition coefficient (Wildman–Crippen LogP) is 2.61. The molecule has 1 aliphatic rings. The number of hydrogen-bond donors (Lipinski definition) is 2. The molecule has 2 amide bonds. The highest BCUT2D eigenvalue weighted by molar-refractivity contribution is 5.90. The lowest BCUT2D eigenvalue weighted by Gasteiger charge is -2.29. The van der Waals surface area contributed by atoms with Gasteiger partial charge in [0, 0.05) is 19.0 Å². The van der Waals surface area contributed by atoms with Gasteiger partial charge in [-0.15, -0.1) is 0 Å². The maximum Gasteiger partial charge on any atom is 0.308 e. The van der Waals surface area contributed by atoms with Crippen molar-refractivity contribution in [1.29, 1.82) is 0 Å². The Morgan fingerprint density at radius 2 is 1.93 bits per heavy atom. The third kappa shape index (κ3) is 4.82. The smallest absolute Gasteiger partial charge is 0.308 e. The summed E-state index contributed by atoms with van der Waals surface area (Å²) in [6.07, 6.45) is 1.93. The summed E-state index contributed by atoms with van der Waals surface area (Å²) >= 11 is 0. The summed E-state index contributed by atoms with van der Waals surface area (Å²) in [5.74, 6) is -1.86. The number of amides is 2. The van der Waals surface area contributed by atoms with Gasteiger partial charge in [0.2, 0.25) is 11.8 Å². The molecule has 0 saturated carbocycles. The number of rotatable bonds is 9. The van der Waals surface area contributed by atoms with Gasteiger partial charge in [0.05, 0.1) is 25.0 Å². The van der Waals surface area contributed by atoms with Crippen LogP contribution in [0.25, 0.3) is 0 Å². The second-order valence-corrected chi connectivity index (χ2v) is 7.39. The van der Waals surface area contributed by atoms with Gasteiger partial charge < -0.3 is 20.1 Å². The molecule has 154 valence electrons. The van der Waals surface area contributed by atoms with Gasteiger partial charge in [0.1, 0.15) is 5.75 Å². The average molecular weight is 390 g/mol. The maximum atomic E-state index is 12.9. The molecule has 0 aliphatic carbocycles. The molecular formula is C21H30N2O5. The minimum Gasteiger partial charge on any atom is -0.497 e. The van der Waals surface area contributed by atoms with Gasteiger partial charge in [-0.25, -0.2) is 0 Å². The molecule has 4 atom stereocenters. The number of nitrogens with zero attached hydrogens (tertiary/aromatic N) is 1. The van der Waals surface area contributed by atoms with E-state index >= 15 is 0 Å². The topological polar surface area (TPSA) is 95.9 Å². The van der Waals surface area contributed by atoms with Gasteiger partial charge in [0.15, 0.2) is 0 Å². The molecule has 1 saturated heterocycles. The molecule has 0 spiro atoms. The Labute approximate surface area is 166 Å². The van der Waals surface area contributed by atoms with Crippen LogP contribution in [0.15, 0.2) is 24.3 Å². The first kappa shape index (κ1) is 21.7. The molecule has 0 radical (unpaired) electrons. The van der Waals surface area contributed by atoms with Crippen LogP contribution in [0.4, 0.5) is 0 Å². The van der Waals surface area contributed by atoms with E-state index in [4.69, 9.17) is 9.84 Å². The molecule has 7 nitrogen and oxygen atoms in total. The van der Waals surface area contributed by atoms with Crippen LogP contribution in [0.5, 0.6) is 5.75 Å². The number of carbonyl (C=O) groups is 3. The maximum absolute atomic E-state index is 12.9. The predicted molar refractivity (Wildman–Crippen MR) is 105 cm³/mol. The number of likely N-dealkylation sites (tertiary alicyclic amines) is 1. The van der Waals surface area contributed by atoms with Crippen molar-refractivity contribution in [2.75, 3.05) is 13.7 Å². The molecule has 1 aromatic rings. The van der Waals surface area contributed by atoms with Crippen LogP contribution in [0.2, 0.25) is 0 Å². The van der Waals surface area contributed by atoms with Gasteiger partial charge in [-0.05, 0) is 38.0 Å². The SMILES string of the molecule is CCCCN1C(=O)CC(C(=O)NC(C)C(C)C(=O)O)C1c1ccc(OC)cc1. The molecule has 28 heavy (non-hydrogen) atoms. The fourth-order valence-corrected chi connectivity index (χ4v) is 3.50. The molecule has 0 aromatic heterocycles. The third-order valence-corrected chi connectivity index (χ3v) is 5.49. The highest BCUT2D eigenvalue weighted by atomic mass is 16.5. The van der Waals surface area contributed by atoms with Gasteiger partial charge in [-0.1, -0.05) is 25.5 Å². The van der Waals surface area contributed by atoms with Crippen LogP contribution in [0.1, 0.15) is 51.6 Å². The summed E-state index contributed by atoms with van der Waals surface area (Å²) in [4.78, 5) is 38.6. The van der Waals surface area contributed by atoms with Gasteiger partial charge >= 0.3 is 5.97 Å². The third-order valence-electron chi connectivity index (χ3n) is 5.49. The zero-order valence-corrected chi connectivity index (χ0v) is 17.0. The summed E-state index contributed by atoms with van der Waals surface area (Å²) in [5, 5.41) is 12.0. The molecule has 1 heterocycles. The minimum atomic E-state index is -0.966. The first-order valence-electron chi connectivity index (χ1n) is 9.76. The highest BCUT2D eigenvalue weighted by Crippen LogP contribution is 2.39. The number of unbranched alkanes of at least 4 members (excludes halogenated alkanes) is 1. The minimum absolute atomic E-state index is 0.0478. The molecule has 1 aromatic carbocycles. The monoisotopic (exact) mass is 390 g/mol. The van der Waals surface area contributed by atoms with E-state index in [1.54, 1.807) is 25.9 Å². The zero-order chi connectivity index (χ0) is 20.8. The first-order valence-corrected chi connectivity index (χ1v) is 9.76. The van der Waals surface area contributed by atoms with Gasteiger partial charge in [-0.3, -0.25) is 14.4 Å². The molecule has 4 unspecified atom stereocenters. The second-order valence-electron chi connectivity index (χ2n) is 7.39. The molecule has 2 rings (SSSR count). The van der Waals surface area contributed by atoms with Gasteiger partial charge in [-0.2, -0.15) is 0 Å². The van der Waals surface area contributed by atoms with Crippen LogP contribution in [-0.2, 0) is 14.4 Å². The Morgan fingerprint density at radius 3 is 2.46 bits per heavy atom. The summed E-state index contributed by atoms with van der Waals surface area (Å²) in [5.41, 5.74) is 0.877. The van der Waals surface area contributed by atoms with Crippen molar-refractivity contribution in [3.63, 3.8) is 0 Å². The summed E-state index contributed by atoms with van der Waals surface area (Å²) in [6.45, 7) is 5.88. The Bertz CT molecular complexity index is 703. The number of benzene rings is 1. The van der Waals surface area contributed by atoms with Crippen LogP contribution < -0.4 is 10.1 Å². The van der Waals surface area contributed by atoms with E-state index in [-0.39, 0.29) is 24.3 Å². The van der Waals surface area contributed by atoms with Crippen LogP contribution in [0, 0.1) is 11.8 Å². The Hall–Kier alpha value is -2.57. The number of aliphatic carboxylic acids is 1. The molecule has 2 N–H and O–H groups in total. The number of methoxy groups -OCH3 is 1. The quantitative estimate of drug-likeness (QED) is 0.676. The number of carbonyl (C=O) groups excluding carboxylic acids is 2. The van der Waals surface area contributed by atoms with Crippen molar-refractivity contribution in [3.8, 4) is 5.75 Å². The van der Waals surface area contributed by atoms with Crippen LogP contribution in [-0.4, -0.2) is 47.5 Å².